The van der Waals surface area contributed by atoms with Gasteiger partial charge >= 0.3 is 0 Å². The number of anilines is 1. The minimum Gasteiger partial charge on any atom is -0.493 e. The van der Waals surface area contributed by atoms with Crippen LogP contribution in [-0.4, -0.2) is 24.0 Å². The summed E-state index contributed by atoms with van der Waals surface area (Å²) in [4.78, 5) is 12.6. The lowest BCUT2D eigenvalue weighted by atomic mass is 10.2. The number of aromatic amines is 1. The number of hydrogen-bond acceptors (Lipinski definition) is 4. The third-order valence-electron chi connectivity index (χ3n) is 3.79. The third kappa shape index (κ3) is 3.28. The Morgan fingerprint density at radius 2 is 1.80 bits per heavy atom. The van der Waals surface area contributed by atoms with Crippen LogP contribution >= 0.6 is 0 Å². The number of ether oxygens (including phenoxy) is 2. The van der Waals surface area contributed by atoms with Crippen molar-refractivity contribution in [1.82, 2.24) is 9.78 Å². The Morgan fingerprint density at radius 3 is 2.48 bits per heavy atom. The Labute approximate surface area is 144 Å². The minimum atomic E-state index is -0.177. The average molecular weight is 337 g/mol. The zero-order valence-corrected chi connectivity index (χ0v) is 14.1. The maximum absolute atomic E-state index is 12.6. The normalized spacial score (nSPS) is 11.4. The molecule has 0 aliphatic rings. The highest BCUT2D eigenvalue weighted by Crippen LogP contribution is 2.29. The van der Waals surface area contributed by atoms with Crippen molar-refractivity contribution >= 4 is 18.5 Å². The van der Waals surface area contributed by atoms with Crippen LogP contribution in [0.5, 0.6) is 11.5 Å². The van der Waals surface area contributed by atoms with Gasteiger partial charge in [-0.3, -0.25) is 9.89 Å². The summed E-state index contributed by atoms with van der Waals surface area (Å²) in [6.07, 6.45) is 1.63. The Kier molecular flexibility index (Phi) is 4.61. The largest absolute Gasteiger partial charge is 0.493 e. The molecule has 0 spiro atoms. The van der Waals surface area contributed by atoms with Crippen molar-refractivity contribution in [3.05, 3.63) is 69.5 Å². The summed E-state index contributed by atoms with van der Waals surface area (Å²) >= 11 is 0. The highest BCUT2D eigenvalue weighted by Gasteiger charge is 2.05. The van der Waals surface area contributed by atoms with Crippen molar-refractivity contribution in [1.29, 1.82) is 0 Å². The summed E-state index contributed by atoms with van der Waals surface area (Å²) in [5.41, 5.74) is 1.34. The standard InChI is InChI=1S/C19H19N3O3/c1-13-16(19(23)22(21-13)15-7-5-4-6-8-15)12-20-14-9-10-17(24-2)18(11-14)25-3/h4-12,20-21H,1H2,2-3H3/b16-12-. The van der Waals surface area contributed by atoms with Crippen LogP contribution < -0.4 is 30.9 Å². The average Bonchev–Trinajstić information content (AvgIpc) is 2.94. The van der Waals surface area contributed by atoms with E-state index < -0.39 is 0 Å². The smallest absolute Gasteiger partial charge is 0.280 e. The van der Waals surface area contributed by atoms with Crippen molar-refractivity contribution in [3.8, 4) is 17.2 Å². The van der Waals surface area contributed by atoms with Gasteiger partial charge in [0.25, 0.3) is 5.56 Å². The van der Waals surface area contributed by atoms with Gasteiger partial charge in [-0.05, 0) is 24.3 Å². The topological polar surface area (TPSA) is 68.3 Å². The first-order chi connectivity index (χ1) is 12.1. The Hall–Kier alpha value is -3.41. The van der Waals surface area contributed by atoms with Crippen LogP contribution in [0.3, 0.4) is 0 Å². The SMILES string of the molecule is C=c1[nH]n(-c2ccccc2)c(=O)/c1=C\Nc1ccc(OC)c(OC)c1. The molecule has 1 heterocycles. The summed E-state index contributed by atoms with van der Waals surface area (Å²) in [6.45, 7) is 3.91. The van der Waals surface area contributed by atoms with E-state index in [2.05, 4.69) is 17.0 Å². The molecule has 6 heteroatoms. The van der Waals surface area contributed by atoms with Gasteiger partial charge in [-0.15, -0.1) is 0 Å². The van der Waals surface area contributed by atoms with Crippen LogP contribution in [0.2, 0.25) is 0 Å². The molecule has 0 aliphatic heterocycles. The molecule has 128 valence electrons. The second kappa shape index (κ2) is 7.00. The first-order valence-corrected chi connectivity index (χ1v) is 7.68. The number of benzene rings is 2. The molecular formula is C19H19N3O3. The number of H-pyrrole nitrogens is 1. The van der Waals surface area contributed by atoms with Crippen LogP contribution in [0.4, 0.5) is 5.69 Å². The second-order valence-electron chi connectivity index (χ2n) is 5.34. The third-order valence-corrected chi connectivity index (χ3v) is 3.79. The Bertz CT molecular complexity index is 1040. The van der Waals surface area contributed by atoms with Crippen molar-refractivity contribution in [2.24, 2.45) is 0 Å². The fourth-order valence-electron chi connectivity index (χ4n) is 2.48. The van der Waals surface area contributed by atoms with Gasteiger partial charge in [0.2, 0.25) is 0 Å². The molecule has 3 aromatic rings. The van der Waals surface area contributed by atoms with Crippen molar-refractivity contribution < 1.29 is 9.47 Å². The highest BCUT2D eigenvalue weighted by molar-refractivity contribution is 5.60. The number of methoxy groups -OCH3 is 2. The zero-order chi connectivity index (χ0) is 17.8. The lowest BCUT2D eigenvalue weighted by Crippen LogP contribution is -2.34. The molecule has 0 radical (unpaired) electrons. The molecule has 0 unspecified atom stereocenters. The Morgan fingerprint density at radius 1 is 1.08 bits per heavy atom. The van der Waals surface area contributed by atoms with E-state index >= 15 is 0 Å². The van der Waals surface area contributed by atoms with Crippen LogP contribution in [0, 0.1) is 0 Å². The Balaban J connectivity index is 1.97. The first kappa shape index (κ1) is 16.4. The molecule has 0 saturated heterocycles. The fraction of sp³-hybridized carbons (Fsp3) is 0.105. The molecule has 25 heavy (non-hydrogen) atoms. The van der Waals surface area contributed by atoms with Gasteiger partial charge in [0.05, 0.1) is 30.5 Å². The fourth-order valence-corrected chi connectivity index (χ4v) is 2.48. The molecule has 2 aromatic carbocycles. The quantitative estimate of drug-likeness (QED) is 0.739. The van der Waals surface area contributed by atoms with Crippen LogP contribution in [-0.2, 0) is 0 Å². The van der Waals surface area contributed by atoms with Crippen molar-refractivity contribution in [3.63, 3.8) is 0 Å². The van der Waals surface area contributed by atoms with E-state index in [9.17, 15) is 4.79 Å². The number of nitrogens with zero attached hydrogens (tertiary/aromatic N) is 1. The first-order valence-electron chi connectivity index (χ1n) is 7.68. The number of para-hydroxylation sites is 1. The molecule has 6 nitrogen and oxygen atoms in total. The van der Waals surface area contributed by atoms with Gasteiger partial charge in [0.1, 0.15) is 0 Å². The van der Waals surface area contributed by atoms with Gasteiger partial charge in [-0.2, -0.15) is 0 Å². The van der Waals surface area contributed by atoms with Crippen LogP contribution in [0.1, 0.15) is 0 Å². The lowest BCUT2D eigenvalue weighted by molar-refractivity contribution is 0.355. The van der Waals surface area contributed by atoms with E-state index in [0.717, 1.165) is 11.4 Å². The molecule has 0 bridgehead atoms. The van der Waals surface area contributed by atoms with Gasteiger partial charge in [0.15, 0.2) is 11.5 Å². The maximum Gasteiger partial charge on any atom is 0.280 e. The predicted octanol–water partition coefficient (Wildman–Crippen LogP) is 1.44. The van der Waals surface area contributed by atoms with E-state index in [4.69, 9.17) is 9.47 Å². The summed E-state index contributed by atoms with van der Waals surface area (Å²) < 4.78 is 12.0. The zero-order valence-electron chi connectivity index (χ0n) is 14.1. The molecule has 0 fully saturated rings. The second-order valence-corrected chi connectivity index (χ2v) is 5.34. The highest BCUT2D eigenvalue weighted by atomic mass is 16.5. The van der Waals surface area contributed by atoms with E-state index in [1.165, 1.54) is 4.68 Å². The van der Waals surface area contributed by atoms with Crippen LogP contribution in [0.15, 0.2) is 53.3 Å². The van der Waals surface area contributed by atoms with Gasteiger partial charge < -0.3 is 14.8 Å². The maximum atomic E-state index is 12.6. The summed E-state index contributed by atoms with van der Waals surface area (Å²) in [5.74, 6) is 1.24. The molecule has 1 aromatic heterocycles. The summed E-state index contributed by atoms with van der Waals surface area (Å²) in [7, 11) is 3.15. The number of aromatic nitrogens is 2. The molecule has 0 atom stereocenters. The lowest BCUT2D eigenvalue weighted by Gasteiger charge is -2.09. The number of nitrogens with one attached hydrogen (secondary N) is 2. The molecule has 0 amide bonds. The number of rotatable bonds is 5. The molecule has 2 N–H and O–H groups in total. The molecule has 0 aliphatic carbocycles. The summed E-state index contributed by atoms with van der Waals surface area (Å²) in [5, 5.41) is 7.07. The van der Waals surface area contributed by atoms with E-state index in [1.807, 2.05) is 36.4 Å². The monoisotopic (exact) mass is 337 g/mol. The van der Waals surface area contributed by atoms with E-state index in [0.29, 0.717) is 22.1 Å². The molecule has 0 saturated carbocycles. The molecule has 3 rings (SSSR count). The van der Waals surface area contributed by atoms with Gasteiger partial charge in [0, 0.05) is 18.0 Å². The van der Waals surface area contributed by atoms with Gasteiger partial charge in [-0.25, -0.2) is 4.68 Å². The van der Waals surface area contributed by atoms with Gasteiger partial charge in [-0.1, -0.05) is 24.8 Å². The minimum absolute atomic E-state index is 0.177. The van der Waals surface area contributed by atoms with Crippen LogP contribution in [0.25, 0.3) is 18.5 Å². The molecular weight excluding hydrogens is 318 g/mol. The summed E-state index contributed by atoms with van der Waals surface area (Å²) in [6, 6.07) is 14.8. The van der Waals surface area contributed by atoms with Crippen molar-refractivity contribution in [2.45, 2.75) is 0 Å². The van der Waals surface area contributed by atoms with Crippen molar-refractivity contribution in [2.75, 3.05) is 19.5 Å². The number of hydrogen-bond donors (Lipinski definition) is 2. The predicted molar refractivity (Wildman–Crippen MR) is 98.8 cm³/mol. The van der Waals surface area contributed by atoms with E-state index in [1.54, 1.807) is 32.6 Å². The van der Waals surface area contributed by atoms with E-state index in [-0.39, 0.29) is 5.56 Å².